The molecule has 134 valence electrons. The number of aliphatic imine (C=N–C) groups is 1. The molecule has 0 aromatic heterocycles. The zero-order valence-corrected chi connectivity index (χ0v) is 15.1. The highest BCUT2D eigenvalue weighted by Crippen LogP contribution is 2.25. The Kier molecular flexibility index (Phi) is 8.17. The van der Waals surface area contributed by atoms with Crippen molar-refractivity contribution in [3.05, 3.63) is 0 Å². The van der Waals surface area contributed by atoms with Crippen LogP contribution in [0.15, 0.2) is 4.99 Å². The number of nitrogens with one attached hydrogen (secondary N) is 2. The maximum absolute atomic E-state index is 9.92. The van der Waals surface area contributed by atoms with Crippen molar-refractivity contribution in [2.45, 2.75) is 70.9 Å². The van der Waals surface area contributed by atoms with E-state index >= 15 is 0 Å². The summed E-state index contributed by atoms with van der Waals surface area (Å²) in [4.78, 5) is 7.31. The molecule has 3 unspecified atom stereocenters. The van der Waals surface area contributed by atoms with Gasteiger partial charge < -0.3 is 15.7 Å². The van der Waals surface area contributed by atoms with Crippen LogP contribution in [0.2, 0.25) is 0 Å². The number of guanidine groups is 1. The van der Waals surface area contributed by atoms with E-state index in [0.29, 0.717) is 5.92 Å². The van der Waals surface area contributed by atoms with Crippen LogP contribution < -0.4 is 10.6 Å². The van der Waals surface area contributed by atoms with Gasteiger partial charge in [0, 0.05) is 38.1 Å². The fourth-order valence-corrected chi connectivity index (χ4v) is 3.92. The van der Waals surface area contributed by atoms with Gasteiger partial charge in [-0.3, -0.25) is 9.89 Å². The first-order chi connectivity index (χ1) is 11.2. The van der Waals surface area contributed by atoms with Crippen molar-refractivity contribution in [2.24, 2.45) is 10.9 Å². The molecule has 0 radical (unpaired) electrons. The van der Waals surface area contributed by atoms with Gasteiger partial charge in [-0.15, -0.1) is 0 Å². The highest BCUT2D eigenvalue weighted by atomic mass is 16.3. The minimum atomic E-state index is -0.153. The van der Waals surface area contributed by atoms with Gasteiger partial charge in [-0.2, -0.15) is 0 Å². The highest BCUT2D eigenvalue weighted by Gasteiger charge is 2.25. The Morgan fingerprint density at radius 1 is 1.13 bits per heavy atom. The standard InChI is InChI=1S/C18H36N4O/c1-3-16-9-5-6-12-22(16)13-11-20-18(19-4-2)21-14-15-8-7-10-17(15)23/h15-17,23H,3-14H2,1-2H3,(H2,19,20,21). The van der Waals surface area contributed by atoms with Gasteiger partial charge in [-0.1, -0.05) is 19.8 Å². The molecule has 0 spiro atoms. The molecule has 1 saturated heterocycles. The molecular weight excluding hydrogens is 288 g/mol. The number of piperidine rings is 1. The van der Waals surface area contributed by atoms with Crippen LogP contribution in [0.4, 0.5) is 0 Å². The molecule has 1 heterocycles. The van der Waals surface area contributed by atoms with E-state index in [1.165, 1.54) is 32.2 Å². The Morgan fingerprint density at radius 2 is 2.00 bits per heavy atom. The second kappa shape index (κ2) is 10.1. The van der Waals surface area contributed by atoms with Crippen LogP contribution in [0.1, 0.15) is 58.8 Å². The predicted molar refractivity (Wildman–Crippen MR) is 96.8 cm³/mol. The number of likely N-dealkylation sites (tertiary alicyclic amines) is 1. The van der Waals surface area contributed by atoms with E-state index in [2.05, 4.69) is 34.4 Å². The van der Waals surface area contributed by atoms with Gasteiger partial charge in [-0.05, 0) is 45.6 Å². The molecule has 0 aromatic carbocycles. The summed E-state index contributed by atoms with van der Waals surface area (Å²) in [6.07, 6.45) is 8.37. The number of nitrogens with zero attached hydrogens (tertiary/aromatic N) is 2. The zero-order valence-electron chi connectivity index (χ0n) is 15.1. The molecule has 3 atom stereocenters. The van der Waals surface area contributed by atoms with Crippen molar-refractivity contribution in [1.82, 2.24) is 15.5 Å². The van der Waals surface area contributed by atoms with Crippen molar-refractivity contribution >= 4 is 5.96 Å². The molecule has 2 aliphatic rings. The first-order valence-corrected chi connectivity index (χ1v) is 9.68. The SMILES string of the molecule is CCNC(=NCC1CCCC1O)NCCN1CCCCC1CC. The van der Waals surface area contributed by atoms with E-state index in [-0.39, 0.29) is 6.10 Å². The van der Waals surface area contributed by atoms with Crippen LogP contribution in [0, 0.1) is 5.92 Å². The number of hydrogen-bond donors (Lipinski definition) is 3. The zero-order chi connectivity index (χ0) is 16.5. The summed E-state index contributed by atoms with van der Waals surface area (Å²) in [6, 6.07) is 0.763. The molecule has 1 aliphatic carbocycles. The molecule has 0 bridgehead atoms. The smallest absolute Gasteiger partial charge is 0.191 e. The molecule has 0 aromatic rings. The Morgan fingerprint density at radius 3 is 2.70 bits per heavy atom. The van der Waals surface area contributed by atoms with Crippen LogP contribution in [-0.4, -0.2) is 60.8 Å². The van der Waals surface area contributed by atoms with Crippen molar-refractivity contribution in [3.63, 3.8) is 0 Å². The Labute approximate surface area is 141 Å². The van der Waals surface area contributed by atoms with Crippen LogP contribution in [-0.2, 0) is 0 Å². The van der Waals surface area contributed by atoms with Gasteiger partial charge in [0.15, 0.2) is 5.96 Å². The second-order valence-electron chi connectivity index (χ2n) is 7.00. The fourth-order valence-electron chi connectivity index (χ4n) is 3.92. The van der Waals surface area contributed by atoms with Crippen LogP contribution in [0.3, 0.4) is 0 Å². The predicted octanol–water partition coefficient (Wildman–Crippen LogP) is 1.97. The maximum atomic E-state index is 9.92. The Hall–Kier alpha value is -0.810. The maximum Gasteiger partial charge on any atom is 0.191 e. The lowest BCUT2D eigenvalue weighted by atomic mass is 10.0. The van der Waals surface area contributed by atoms with Crippen LogP contribution in [0.25, 0.3) is 0 Å². The van der Waals surface area contributed by atoms with Gasteiger partial charge in [0.25, 0.3) is 0 Å². The Bertz CT molecular complexity index is 361. The monoisotopic (exact) mass is 324 g/mol. The van der Waals surface area contributed by atoms with Crippen molar-refractivity contribution < 1.29 is 5.11 Å². The summed E-state index contributed by atoms with van der Waals surface area (Å²) in [5, 5.41) is 16.7. The minimum absolute atomic E-state index is 0.153. The van der Waals surface area contributed by atoms with Gasteiger partial charge >= 0.3 is 0 Å². The lowest BCUT2D eigenvalue weighted by Crippen LogP contribution is -2.46. The van der Waals surface area contributed by atoms with Crippen LogP contribution in [0.5, 0.6) is 0 Å². The lowest BCUT2D eigenvalue weighted by molar-refractivity contribution is 0.136. The van der Waals surface area contributed by atoms with Crippen molar-refractivity contribution in [3.8, 4) is 0 Å². The minimum Gasteiger partial charge on any atom is -0.393 e. The summed E-state index contributed by atoms with van der Waals surface area (Å²) in [6.45, 7) is 9.28. The quantitative estimate of drug-likeness (QED) is 0.495. The molecule has 5 nitrogen and oxygen atoms in total. The summed E-state index contributed by atoms with van der Waals surface area (Å²) in [7, 11) is 0. The van der Waals surface area contributed by atoms with Crippen molar-refractivity contribution in [1.29, 1.82) is 0 Å². The largest absolute Gasteiger partial charge is 0.393 e. The normalized spacial score (nSPS) is 29.7. The molecule has 0 amide bonds. The third-order valence-corrected chi connectivity index (χ3v) is 5.36. The highest BCUT2D eigenvalue weighted by molar-refractivity contribution is 5.79. The number of aliphatic hydroxyl groups is 1. The first kappa shape index (κ1) is 18.5. The topological polar surface area (TPSA) is 59.9 Å². The summed E-state index contributed by atoms with van der Waals surface area (Å²) >= 11 is 0. The molecule has 2 rings (SSSR count). The van der Waals surface area contributed by atoms with Gasteiger partial charge in [0.05, 0.1) is 6.10 Å². The van der Waals surface area contributed by atoms with Gasteiger partial charge in [-0.25, -0.2) is 0 Å². The molecule has 2 fully saturated rings. The molecular formula is C18H36N4O. The lowest BCUT2D eigenvalue weighted by Gasteiger charge is -2.35. The second-order valence-corrected chi connectivity index (χ2v) is 7.00. The summed E-state index contributed by atoms with van der Waals surface area (Å²) < 4.78 is 0. The average molecular weight is 325 g/mol. The summed E-state index contributed by atoms with van der Waals surface area (Å²) in [5.74, 6) is 1.24. The number of aliphatic hydroxyl groups excluding tert-OH is 1. The van der Waals surface area contributed by atoms with Crippen molar-refractivity contribution in [2.75, 3.05) is 32.7 Å². The first-order valence-electron chi connectivity index (χ1n) is 9.68. The third-order valence-electron chi connectivity index (χ3n) is 5.36. The molecule has 5 heteroatoms. The summed E-state index contributed by atoms with van der Waals surface area (Å²) in [5.41, 5.74) is 0. The molecule has 1 aliphatic heterocycles. The third kappa shape index (κ3) is 5.96. The van der Waals surface area contributed by atoms with E-state index < -0.39 is 0 Å². The van der Waals surface area contributed by atoms with E-state index in [4.69, 9.17) is 0 Å². The Balaban J connectivity index is 1.75. The van der Waals surface area contributed by atoms with E-state index in [0.717, 1.165) is 57.4 Å². The fraction of sp³-hybridized carbons (Fsp3) is 0.944. The van der Waals surface area contributed by atoms with Gasteiger partial charge in [0.2, 0.25) is 0 Å². The molecule has 23 heavy (non-hydrogen) atoms. The van der Waals surface area contributed by atoms with Gasteiger partial charge in [0.1, 0.15) is 0 Å². The van der Waals surface area contributed by atoms with E-state index in [9.17, 15) is 5.11 Å². The van der Waals surface area contributed by atoms with E-state index in [1.807, 2.05) is 0 Å². The van der Waals surface area contributed by atoms with Crippen LogP contribution >= 0.6 is 0 Å². The average Bonchev–Trinajstić information content (AvgIpc) is 2.98. The van der Waals surface area contributed by atoms with E-state index in [1.54, 1.807) is 0 Å². The number of hydrogen-bond acceptors (Lipinski definition) is 3. The number of rotatable bonds is 7. The molecule has 1 saturated carbocycles. The molecule has 3 N–H and O–H groups in total.